The fraction of sp³-hybridized carbons (Fsp3) is 0.412. The van der Waals surface area contributed by atoms with Crippen LogP contribution in [-0.2, 0) is 6.42 Å². The summed E-state index contributed by atoms with van der Waals surface area (Å²) in [5.41, 5.74) is 2.77. The molecule has 1 aromatic heterocycles. The number of rotatable bonds is 7. The van der Waals surface area contributed by atoms with E-state index in [4.69, 9.17) is 0 Å². The van der Waals surface area contributed by atoms with Crippen LogP contribution in [0.15, 0.2) is 41.8 Å². The van der Waals surface area contributed by atoms with Crippen LogP contribution in [0.5, 0.6) is 0 Å². The van der Waals surface area contributed by atoms with Crippen molar-refractivity contribution in [2.24, 2.45) is 0 Å². The highest BCUT2D eigenvalue weighted by atomic mass is 32.1. The van der Waals surface area contributed by atoms with Crippen molar-refractivity contribution >= 4 is 11.3 Å². The zero-order valence-corrected chi connectivity index (χ0v) is 12.7. The molecule has 2 aromatic rings. The Kier molecular flexibility index (Phi) is 5.62. The van der Waals surface area contributed by atoms with E-state index in [0.717, 1.165) is 13.0 Å². The third-order valence-corrected chi connectivity index (χ3v) is 4.28. The van der Waals surface area contributed by atoms with Crippen LogP contribution in [0.3, 0.4) is 0 Å². The predicted molar refractivity (Wildman–Crippen MR) is 84.9 cm³/mol. The molecule has 0 radical (unpaired) electrons. The molecular formula is C17H23NS. The molecule has 1 nitrogen and oxygen atoms in total. The molecule has 2 rings (SSSR count). The molecule has 1 aromatic carbocycles. The summed E-state index contributed by atoms with van der Waals surface area (Å²) in [6, 6.07) is 13.7. The van der Waals surface area contributed by atoms with Gasteiger partial charge in [0.05, 0.1) is 0 Å². The molecule has 0 aliphatic heterocycles. The Labute approximate surface area is 120 Å². The molecule has 19 heavy (non-hydrogen) atoms. The third-order valence-electron chi connectivity index (χ3n) is 3.34. The maximum absolute atomic E-state index is 3.68. The third kappa shape index (κ3) is 4.48. The van der Waals surface area contributed by atoms with E-state index in [2.05, 4.69) is 60.9 Å². The minimum atomic E-state index is 0.474. The van der Waals surface area contributed by atoms with E-state index in [1.165, 1.54) is 28.8 Å². The molecule has 0 amide bonds. The van der Waals surface area contributed by atoms with Gasteiger partial charge in [-0.25, -0.2) is 0 Å². The van der Waals surface area contributed by atoms with E-state index in [1.807, 2.05) is 11.3 Å². The van der Waals surface area contributed by atoms with Crippen LogP contribution in [0.2, 0.25) is 0 Å². The largest absolute Gasteiger partial charge is 0.310 e. The summed E-state index contributed by atoms with van der Waals surface area (Å²) in [6.45, 7) is 5.47. The second-order valence-corrected chi connectivity index (χ2v) is 6.07. The van der Waals surface area contributed by atoms with Crippen molar-refractivity contribution in [2.45, 2.75) is 39.2 Å². The maximum Gasteiger partial charge on any atom is 0.0323 e. The van der Waals surface area contributed by atoms with Gasteiger partial charge in [0, 0.05) is 10.9 Å². The van der Waals surface area contributed by atoms with Gasteiger partial charge in [-0.3, -0.25) is 0 Å². The monoisotopic (exact) mass is 273 g/mol. The number of hydrogen-bond donors (Lipinski definition) is 1. The fourth-order valence-electron chi connectivity index (χ4n) is 2.33. The SMILES string of the molecule is CCCNC(CCc1cccs1)c1cccc(C)c1. The normalized spacial score (nSPS) is 12.5. The summed E-state index contributed by atoms with van der Waals surface area (Å²) >= 11 is 1.86. The summed E-state index contributed by atoms with van der Waals surface area (Å²) in [5, 5.41) is 5.84. The first-order valence-corrected chi connectivity index (χ1v) is 8.00. The number of aryl methyl sites for hydroxylation is 2. The highest BCUT2D eigenvalue weighted by molar-refractivity contribution is 7.09. The summed E-state index contributed by atoms with van der Waals surface area (Å²) in [5.74, 6) is 0. The lowest BCUT2D eigenvalue weighted by atomic mass is 9.99. The quantitative estimate of drug-likeness (QED) is 0.769. The van der Waals surface area contributed by atoms with Gasteiger partial charge in [0.1, 0.15) is 0 Å². The molecule has 0 bridgehead atoms. The predicted octanol–water partition coefficient (Wildman–Crippen LogP) is 4.73. The van der Waals surface area contributed by atoms with Gasteiger partial charge in [-0.05, 0) is 49.7 Å². The topological polar surface area (TPSA) is 12.0 Å². The molecule has 0 aliphatic carbocycles. The van der Waals surface area contributed by atoms with Crippen LogP contribution in [0.25, 0.3) is 0 Å². The van der Waals surface area contributed by atoms with Crippen molar-refractivity contribution in [1.82, 2.24) is 5.32 Å². The minimum Gasteiger partial charge on any atom is -0.310 e. The van der Waals surface area contributed by atoms with Gasteiger partial charge in [-0.15, -0.1) is 11.3 Å². The fourth-order valence-corrected chi connectivity index (χ4v) is 3.06. The standard InChI is InChI=1S/C17H23NS/c1-3-11-18-17(10-9-16-8-5-12-19-16)15-7-4-6-14(2)13-15/h4-8,12-13,17-18H,3,9-11H2,1-2H3. The maximum atomic E-state index is 3.68. The number of nitrogens with one attached hydrogen (secondary N) is 1. The molecule has 1 heterocycles. The summed E-state index contributed by atoms with van der Waals surface area (Å²) in [4.78, 5) is 1.48. The first-order valence-electron chi connectivity index (χ1n) is 7.12. The molecule has 2 heteroatoms. The molecule has 1 N–H and O–H groups in total. The number of benzene rings is 1. The van der Waals surface area contributed by atoms with Gasteiger partial charge >= 0.3 is 0 Å². The van der Waals surface area contributed by atoms with Crippen molar-refractivity contribution in [3.63, 3.8) is 0 Å². The summed E-state index contributed by atoms with van der Waals surface area (Å²) in [6.07, 6.45) is 3.51. The van der Waals surface area contributed by atoms with Gasteiger partial charge in [0.15, 0.2) is 0 Å². The summed E-state index contributed by atoms with van der Waals surface area (Å²) in [7, 11) is 0. The second kappa shape index (κ2) is 7.46. The molecule has 0 saturated carbocycles. The van der Waals surface area contributed by atoms with Crippen molar-refractivity contribution in [2.75, 3.05) is 6.54 Å². The van der Waals surface area contributed by atoms with Crippen molar-refractivity contribution in [3.8, 4) is 0 Å². The first-order chi connectivity index (χ1) is 9.29. The van der Waals surface area contributed by atoms with Gasteiger partial charge in [-0.1, -0.05) is 42.8 Å². The molecule has 102 valence electrons. The molecule has 1 unspecified atom stereocenters. The molecule has 0 aliphatic rings. The molecule has 1 atom stereocenters. The van der Waals surface area contributed by atoms with Crippen LogP contribution in [0.1, 0.15) is 41.8 Å². The molecule has 0 spiro atoms. The molecule has 0 fully saturated rings. The first kappa shape index (κ1) is 14.3. The van der Waals surface area contributed by atoms with Crippen LogP contribution in [0.4, 0.5) is 0 Å². The van der Waals surface area contributed by atoms with Crippen LogP contribution in [0, 0.1) is 6.92 Å². The van der Waals surface area contributed by atoms with Crippen molar-refractivity contribution in [3.05, 3.63) is 57.8 Å². The smallest absolute Gasteiger partial charge is 0.0323 e. The lowest BCUT2D eigenvalue weighted by molar-refractivity contribution is 0.500. The van der Waals surface area contributed by atoms with Gasteiger partial charge in [0.25, 0.3) is 0 Å². The van der Waals surface area contributed by atoms with E-state index in [-0.39, 0.29) is 0 Å². The lowest BCUT2D eigenvalue weighted by Crippen LogP contribution is -2.22. The minimum absolute atomic E-state index is 0.474. The Bertz CT molecular complexity index is 476. The highest BCUT2D eigenvalue weighted by Crippen LogP contribution is 2.22. The Hall–Kier alpha value is -1.12. The highest BCUT2D eigenvalue weighted by Gasteiger charge is 2.11. The Morgan fingerprint density at radius 1 is 1.21 bits per heavy atom. The zero-order chi connectivity index (χ0) is 13.5. The summed E-state index contributed by atoms with van der Waals surface area (Å²) < 4.78 is 0. The van der Waals surface area contributed by atoms with Crippen LogP contribution < -0.4 is 5.32 Å². The number of thiophene rings is 1. The van der Waals surface area contributed by atoms with E-state index >= 15 is 0 Å². The van der Waals surface area contributed by atoms with Crippen molar-refractivity contribution < 1.29 is 0 Å². The van der Waals surface area contributed by atoms with E-state index in [9.17, 15) is 0 Å². The van der Waals surface area contributed by atoms with Gasteiger partial charge in [-0.2, -0.15) is 0 Å². The Morgan fingerprint density at radius 2 is 2.11 bits per heavy atom. The zero-order valence-electron chi connectivity index (χ0n) is 11.9. The van der Waals surface area contributed by atoms with Crippen molar-refractivity contribution in [1.29, 1.82) is 0 Å². The second-order valence-electron chi connectivity index (χ2n) is 5.04. The van der Waals surface area contributed by atoms with E-state index in [0.29, 0.717) is 6.04 Å². The van der Waals surface area contributed by atoms with Crippen LogP contribution >= 0.6 is 11.3 Å². The van der Waals surface area contributed by atoms with E-state index < -0.39 is 0 Å². The average Bonchev–Trinajstić information content (AvgIpc) is 2.92. The Balaban J connectivity index is 2.02. The Morgan fingerprint density at radius 3 is 2.79 bits per heavy atom. The average molecular weight is 273 g/mol. The number of hydrogen-bond acceptors (Lipinski definition) is 2. The molecule has 0 saturated heterocycles. The lowest BCUT2D eigenvalue weighted by Gasteiger charge is -2.19. The van der Waals surface area contributed by atoms with Gasteiger partial charge < -0.3 is 5.32 Å². The van der Waals surface area contributed by atoms with Gasteiger partial charge in [0.2, 0.25) is 0 Å². The molecular weight excluding hydrogens is 250 g/mol. The van der Waals surface area contributed by atoms with E-state index in [1.54, 1.807) is 0 Å². The van der Waals surface area contributed by atoms with Crippen LogP contribution in [-0.4, -0.2) is 6.54 Å².